The zero-order chi connectivity index (χ0) is 12.3. The lowest BCUT2D eigenvalue weighted by atomic mass is 10.2. The standard InChI is InChI=1S/C6H5F7O2/c7-4(2-1-3-14,5(8,9)10)15-6(11,12)13/h1-2,14H,3H2/b2-1-/t4-/m1/s1. The molecule has 0 saturated carbocycles. The van der Waals surface area contributed by atoms with E-state index in [1.54, 1.807) is 0 Å². The molecule has 0 aliphatic heterocycles. The Kier molecular flexibility index (Phi) is 4.11. The van der Waals surface area contributed by atoms with Crippen molar-refractivity contribution in [1.82, 2.24) is 0 Å². The molecule has 2 nitrogen and oxygen atoms in total. The van der Waals surface area contributed by atoms with E-state index in [4.69, 9.17) is 5.11 Å². The van der Waals surface area contributed by atoms with Gasteiger partial charge in [0, 0.05) is 0 Å². The van der Waals surface area contributed by atoms with Gasteiger partial charge in [-0.25, -0.2) is 4.74 Å². The third-order valence-corrected chi connectivity index (χ3v) is 1.09. The summed E-state index contributed by atoms with van der Waals surface area (Å²) in [5, 5.41) is 8.04. The molecule has 0 spiro atoms. The largest absolute Gasteiger partial charge is 0.525 e. The minimum atomic E-state index is -5.89. The fourth-order valence-electron chi connectivity index (χ4n) is 0.559. The van der Waals surface area contributed by atoms with E-state index in [0.29, 0.717) is 0 Å². The molecule has 0 aromatic carbocycles. The van der Waals surface area contributed by atoms with Gasteiger partial charge in [-0.1, -0.05) is 6.08 Å². The van der Waals surface area contributed by atoms with Crippen LogP contribution in [-0.4, -0.2) is 30.1 Å². The number of ether oxygens (including phenoxy) is 1. The highest BCUT2D eigenvalue weighted by molar-refractivity contribution is 5.00. The van der Waals surface area contributed by atoms with E-state index in [9.17, 15) is 30.7 Å². The molecule has 0 rings (SSSR count). The molecule has 0 amide bonds. The first kappa shape index (κ1) is 14.2. The summed E-state index contributed by atoms with van der Waals surface area (Å²) in [6.07, 6.45) is -12.1. The summed E-state index contributed by atoms with van der Waals surface area (Å²) in [6.45, 7) is -1.05. The van der Waals surface area contributed by atoms with Gasteiger partial charge in [-0.05, 0) is 6.08 Å². The van der Waals surface area contributed by atoms with Gasteiger partial charge in [0.05, 0.1) is 6.61 Å². The molecular weight excluding hydrogens is 237 g/mol. The third kappa shape index (κ3) is 4.47. The van der Waals surface area contributed by atoms with Crippen LogP contribution in [0.25, 0.3) is 0 Å². The molecule has 15 heavy (non-hydrogen) atoms. The maximum absolute atomic E-state index is 12.7. The fraction of sp³-hybridized carbons (Fsp3) is 0.667. The van der Waals surface area contributed by atoms with Crippen molar-refractivity contribution < 1.29 is 40.6 Å². The van der Waals surface area contributed by atoms with Crippen molar-refractivity contribution >= 4 is 0 Å². The third-order valence-electron chi connectivity index (χ3n) is 1.09. The fourth-order valence-corrected chi connectivity index (χ4v) is 0.559. The van der Waals surface area contributed by atoms with E-state index in [1.165, 1.54) is 0 Å². The smallest absolute Gasteiger partial charge is 0.392 e. The molecule has 0 unspecified atom stereocenters. The number of hydrogen-bond donors (Lipinski definition) is 1. The maximum Gasteiger partial charge on any atom is 0.525 e. The lowest BCUT2D eigenvalue weighted by Gasteiger charge is -2.25. The van der Waals surface area contributed by atoms with E-state index in [1.807, 2.05) is 0 Å². The normalized spacial score (nSPS) is 18.1. The van der Waals surface area contributed by atoms with Gasteiger partial charge in [0.15, 0.2) is 0 Å². The van der Waals surface area contributed by atoms with Crippen LogP contribution < -0.4 is 0 Å². The molecule has 9 heteroatoms. The average Bonchev–Trinajstić information content (AvgIpc) is 1.95. The Bertz CT molecular complexity index is 231. The molecule has 0 bridgehead atoms. The molecule has 0 aromatic heterocycles. The summed E-state index contributed by atoms with van der Waals surface area (Å²) in [6, 6.07) is 0. The summed E-state index contributed by atoms with van der Waals surface area (Å²) in [5.41, 5.74) is 0. The molecule has 1 N–H and O–H groups in total. The Morgan fingerprint density at radius 3 is 1.73 bits per heavy atom. The first-order valence-corrected chi connectivity index (χ1v) is 3.33. The van der Waals surface area contributed by atoms with Gasteiger partial charge >= 0.3 is 18.4 Å². The number of halogens is 7. The van der Waals surface area contributed by atoms with Crippen molar-refractivity contribution in [2.75, 3.05) is 6.61 Å². The Balaban J connectivity index is 4.96. The van der Waals surface area contributed by atoms with Gasteiger partial charge in [-0.3, -0.25) is 0 Å². The van der Waals surface area contributed by atoms with Gasteiger partial charge in [-0.2, -0.15) is 17.6 Å². The van der Waals surface area contributed by atoms with Crippen molar-refractivity contribution in [1.29, 1.82) is 0 Å². The monoisotopic (exact) mass is 242 g/mol. The summed E-state index contributed by atoms with van der Waals surface area (Å²) in [4.78, 5) is 0. The van der Waals surface area contributed by atoms with Gasteiger partial charge < -0.3 is 5.11 Å². The van der Waals surface area contributed by atoms with Crippen LogP contribution in [0.15, 0.2) is 12.2 Å². The predicted octanol–water partition coefficient (Wildman–Crippen LogP) is 2.30. The van der Waals surface area contributed by atoms with Crippen molar-refractivity contribution in [3.8, 4) is 0 Å². The van der Waals surface area contributed by atoms with Gasteiger partial charge in [0.25, 0.3) is 0 Å². The number of alkyl halides is 7. The minimum absolute atomic E-state index is 0.152. The summed E-state index contributed by atoms with van der Waals surface area (Å²) in [5.74, 6) is -4.99. The van der Waals surface area contributed by atoms with Crippen LogP contribution in [-0.2, 0) is 4.74 Å². The molecule has 0 radical (unpaired) electrons. The number of hydrogen-bond acceptors (Lipinski definition) is 2. The van der Waals surface area contributed by atoms with E-state index in [2.05, 4.69) is 4.74 Å². The number of aliphatic hydroxyl groups is 1. The van der Waals surface area contributed by atoms with Crippen molar-refractivity contribution in [3.05, 3.63) is 12.2 Å². The molecule has 0 fully saturated rings. The highest BCUT2D eigenvalue weighted by atomic mass is 19.4. The molecular formula is C6H5F7O2. The highest BCUT2D eigenvalue weighted by Gasteiger charge is 2.61. The molecule has 0 aromatic rings. The van der Waals surface area contributed by atoms with Crippen LogP contribution in [0, 0.1) is 0 Å². The minimum Gasteiger partial charge on any atom is -0.392 e. The lowest BCUT2D eigenvalue weighted by molar-refractivity contribution is -0.432. The molecule has 0 saturated heterocycles. The van der Waals surface area contributed by atoms with Crippen LogP contribution in [0.2, 0.25) is 0 Å². The van der Waals surface area contributed by atoms with E-state index in [-0.39, 0.29) is 6.08 Å². The number of aliphatic hydroxyl groups excluding tert-OH is 1. The van der Waals surface area contributed by atoms with Crippen LogP contribution in [0.4, 0.5) is 30.7 Å². The zero-order valence-corrected chi connectivity index (χ0v) is 6.86. The second-order valence-electron chi connectivity index (χ2n) is 2.28. The van der Waals surface area contributed by atoms with Gasteiger partial charge in [0.1, 0.15) is 0 Å². The average molecular weight is 242 g/mol. The molecule has 0 aliphatic rings. The number of rotatable bonds is 3. The van der Waals surface area contributed by atoms with Gasteiger partial charge in [-0.15, -0.1) is 13.2 Å². The van der Waals surface area contributed by atoms with Crippen molar-refractivity contribution in [2.45, 2.75) is 18.4 Å². The SMILES string of the molecule is OC/C=C\[C@@](F)(OC(F)(F)F)C(F)(F)F. The van der Waals surface area contributed by atoms with E-state index >= 15 is 0 Å². The van der Waals surface area contributed by atoms with E-state index < -0.39 is 31.1 Å². The predicted molar refractivity (Wildman–Crippen MR) is 33.3 cm³/mol. The van der Waals surface area contributed by atoms with Crippen LogP contribution in [0.1, 0.15) is 0 Å². The Morgan fingerprint density at radius 2 is 1.47 bits per heavy atom. The molecule has 0 heterocycles. The van der Waals surface area contributed by atoms with E-state index in [0.717, 1.165) is 0 Å². The summed E-state index contributed by atoms with van der Waals surface area (Å²) < 4.78 is 84.8. The maximum atomic E-state index is 12.7. The molecule has 0 aliphatic carbocycles. The summed E-state index contributed by atoms with van der Waals surface area (Å²) >= 11 is 0. The zero-order valence-electron chi connectivity index (χ0n) is 6.86. The molecule has 1 atom stereocenters. The van der Waals surface area contributed by atoms with Crippen LogP contribution in [0.3, 0.4) is 0 Å². The lowest BCUT2D eigenvalue weighted by Crippen LogP contribution is -2.45. The second-order valence-corrected chi connectivity index (χ2v) is 2.28. The second kappa shape index (κ2) is 4.35. The van der Waals surface area contributed by atoms with Crippen LogP contribution >= 0.6 is 0 Å². The first-order valence-electron chi connectivity index (χ1n) is 3.33. The Labute approximate surface area is 78.9 Å². The van der Waals surface area contributed by atoms with Crippen molar-refractivity contribution in [2.24, 2.45) is 0 Å². The first-order chi connectivity index (χ1) is 6.52. The highest BCUT2D eigenvalue weighted by Crippen LogP contribution is 2.40. The van der Waals surface area contributed by atoms with Crippen LogP contribution in [0.5, 0.6) is 0 Å². The Morgan fingerprint density at radius 1 is 1.00 bits per heavy atom. The quantitative estimate of drug-likeness (QED) is 0.607. The summed E-state index contributed by atoms with van der Waals surface area (Å²) in [7, 11) is 0. The topological polar surface area (TPSA) is 29.5 Å². The van der Waals surface area contributed by atoms with Gasteiger partial charge in [0.2, 0.25) is 0 Å². The Hall–Kier alpha value is -0.830. The molecule has 90 valence electrons. The van der Waals surface area contributed by atoms with Crippen molar-refractivity contribution in [3.63, 3.8) is 0 Å².